The van der Waals surface area contributed by atoms with Crippen LogP contribution in [0.2, 0.25) is 0 Å². The predicted molar refractivity (Wildman–Crippen MR) is 150 cm³/mol. The third-order valence-corrected chi connectivity index (χ3v) is 8.02. The fourth-order valence-electron chi connectivity index (χ4n) is 4.82. The minimum Gasteiger partial charge on any atom is -0.394 e. The van der Waals surface area contributed by atoms with Crippen molar-refractivity contribution in [2.45, 2.75) is 45.3 Å². The Balaban J connectivity index is 0.000000547. The van der Waals surface area contributed by atoms with Crippen molar-refractivity contribution in [3.05, 3.63) is 74.9 Å². The lowest BCUT2D eigenvalue weighted by molar-refractivity contribution is -0.127. The van der Waals surface area contributed by atoms with Crippen LogP contribution >= 0.6 is 11.3 Å². The standard InChI is InChI=1S/C23H20F4N4OS.C6H13N/c1-3-20(32)31-11-17(15-8-13(9-28)33-19(15)12-31)14-6-5-7-18(24)21(14)16(10-30-4-2)22(29)23(25,26)27;1-2-6-3-4-7-5-6/h3,5-8,10,17H,1,4,11-12,29H2,2H3;6-7H,2-5H2,1H3/b22-16+,30-10?;/t17-;/m0./s1. The average Bonchev–Trinajstić information content (AvgIpc) is 3.62. The van der Waals surface area contributed by atoms with E-state index in [0.717, 1.165) is 24.3 Å². The number of fused-ring (bicyclic) bond motifs is 1. The number of rotatable bonds is 6. The van der Waals surface area contributed by atoms with Crippen LogP contribution in [0.4, 0.5) is 17.6 Å². The summed E-state index contributed by atoms with van der Waals surface area (Å²) in [5, 5.41) is 12.7. The monoisotopic (exact) mass is 575 g/mol. The second-order valence-electron chi connectivity index (χ2n) is 9.50. The molecule has 0 aliphatic carbocycles. The molecular weight excluding hydrogens is 542 g/mol. The molecule has 4 rings (SSSR count). The topological polar surface area (TPSA) is 94.5 Å². The molecule has 1 saturated heterocycles. The van der Waals surface area contributed by atoms with Gasteiger partial charge >= 0.3 is 6.18 Å². The predicted octanol–water partition coefficient (Wildman–Crippen LogP) is 5.75. The zero-order valence-corrected chi connectivity index (χ0v) is 23.3. The van der Waals surface area contributed by atoms with Crippen molar-refractivity contribution in [1.82, 2.24) is 10.2 Å². The number of carbonyl (C=O) groups is 1. The van der Waals surface area contributed by atoms with E-state index in [1.165, 1.54) is 54.3 Å². The number of aliphatic imine (C=N–C) groups is 1. The minimum absolute atomic E-state index is 0.0695. The van der Waals surface area contributed by atoms with E-state index < -0.39 is 29.2 Å². The number of nitrogens with one attached hydrogen (secondary N) is 1. The molecule has 0 saturated carbocycles. The molecule has 6 nitrogen and oxygen atoms in total. The van der Waals surface area contributed by atoms with E-state index in [-0.39, 0.29) is 36.7 Å². The molecular formula is C29H33F4N5OS. The molecule has 1 fully saturated rings. The van der Waals surface area contributed by atoms with Gasteiger partial charge in [0.1, 0.15) is 22.5 Å². The van der Waals surface area contributed by atoms with Gasteiger partial charge in [0.15, 0.2) is 0 Å². The molecule has 40 heavy (non-hydrogen) atoms. The highest BCUT2D eigenvalue weighted by molar-refractivity contribution is 7.12. The molecule has 1 aromatic carbocycles. The van der Waals surface area contributed by atoms with Gasteiger partial charge in [0.05, 0.1) is 6.54 Å². The Morgan fingerprint density at radius 3 is 2.65 bits per heavy atom. The number of thiophene rings is 1. The van der Waals surface area contributed by atoms with Crippen molar-refractivity contribution in [2.24, 2.45) is 16.6 Å². The number of nitrogens with two attached hydrogens (primary N) is 1. The van der Waals surface area contributed by atoms with E-state index in [0.29, 0.717) is 15.3 Å². The van der Waals surface area contributed by atoms with E-state index in [9.17, 15) is 23.2 Å². The Morgan fingerprint density at radius 2 is 2.10 bits per heavy atom. The van der Waals surface area contributed by atoms with Crippen LogP contribution < -0.4 is 11.1 Å². The molecule has 1 amide bonds. The Bertz CT molecular complexity index is 1320. The first-order chi connectivity index (χ1) is 19.0. The second kappa shape index (κ2) is 13.7. The molecule has 1 aromatic heterocycles. The quantitative estimate of drug-likeness (QED) is 0.261. The van der Waals surface area contributed by atoms with Crippen LogP contribution in [0.3, 0.4) is 0 Å². The SMILES string of the molecule is C=CC(=O)N1Cc2sc(C#N)cc2[C@H](c2cccc(F)c2/C(C=NCC)=C(/N)C(F)(F)F)C1.CCC1CCNC1. The van der Waals surface area contributed by atoms with Crippen LogP contribution in [-0.2, 0) is 11.3 Å². The number of carbonyl (C=O) groups excluding carboxylic acids is 1. The molecule has 0 bridgehead atoms. The Morgan fingerprint density at radius 1 is 1.35 bits per heavy atom. The van der Waals surface area contributed by atoms with E-state index in [1.54, 1.807) is 13.0 Å². The number of hydrogen-bond acceptors (Lipinski definition) is 6. The van der Waals surface area contributed by atoms with E-state index >= 15 is 4.39 Å². The summed E-state index contributed by atoms with van der Waals surface area (Å²) < 4.78 is 55.8. The number of alkyl halides is 3. The van der Waals surface area contributed by atoms with Crippen molar-refractivity contribution in [3.8, 4) is 6.07 Å². The van der Waals surface area contributed by atoms with Crippen molar-refractivity contribution < 1.29 is 22.4 Å². The summed E-state index contributed by atoms with van der Waals surface area (Å²) in [6, 6.07) is 7.62. The highest BCUT2D eigenvalue weighted by Crippen LogP contribution is 2.42. The number of amides is 1. The third-order valence-electron chi connectivity index (χ3n) is 6.98. The molecule has 11 heteroatoms. The van der Waals surface area contributed by atoms with Crippen molar-refractivity contribution in [2.75, 3.05) is 26.2 Å². The Labute approximate surface area is 235 Å². The lowest BCUT2D eigenvalue weighted by atomic mass is 9.83. The van der Waals surface area contributed by atoms with Crippen LogP contribution in [-0.4, -0.2) is 49.4 Å². The average molecular weight is 576 g/mol. The summed E-state index contributed by atoms with van der Waals surface area (Å²) in [5.41, 5.74) is 3.92. The number of hydrogen-bond donors (Lipinski definition) is 2. The van der Waals surface area contributed by atoms with Gasteiger partial charge in [-0.15, -0.1) is 11.3 Å². The summed E-state index contributed by atoms with van der Waals surface area (Å²) >= 11 is 1.18. The first-order valence-corrected chi connectivity index (χ1v) is 13.9. The van der Waals surface area contributed by atoms with Crippen molar-refractivity contribution in [1.29, 1.82) is 5.26 Å². The van der Waals surface area contributed by atoms with Gasteiger partial charge in [-0.25, -0.2) is 4.39 Å². The number of benzene rings is 1. The smallest absolute Gasteiger partial charge is 0.394 e. The highest BCUT2D eigenvalue weighted by Gasteiger charge is 2.37. The third kappa shape index (κ3) is 7.17. The lowest BCUT2D eigenvalue weighted by Crippen LogP contribution is -2.37. The first kappa shape index (κ1) is 31.0. The molecule has 0 spiro atoms. The summed E-state index contributed by atoms with van der Waals surface area (Å²) in [5.74, 6) is -0.983. The van der Waals surface area contributed by atoms with Gasteiger partial charge in [-0.2, -0.15) is 18.4 Å². The van der Waals surface area contributed by atoms with Crippen LogP contribution in [0.1, 0.15) is 59.1 Å². The fraction of sp³-hybridized carbons (Fsp3) is 0.414. The largest absolute Gasteiger partial charge is 0.431 e. The van der Waals surface area contributed by atoms with Crippen molar-refractivity contribution >= 4 is 29.0 Å². The van der Waals surface area contributed by atoms with E-state index in [2.05, 4.69) is 29.9 Å². The number of allylic oxidation sites excluding steroid dienone is 2. The maximum atomic E-state index is 15.1. The molecule has 0 radical (unpaired) electrons. The zero-order valence-electron chi connectivity index (χ0n) is 22.5. The maximum absolute atomic E-state index is 15.1. The van der Waals surface area contributed by atoms with Crippen molar-refractivity contribution in [3.63, 3.8) is 0 Å². The molecule has 1 unspecified atom stereocenters. The second-order valence-corrected chi connectivity index (χ2v) is 10.6. The van der Waals surface area contributed by atoms with Crippen LogP contribution in [0, 0.1) is 23.1 Å². The first-order valence-electron chi connectivity index (χ1n) is 13.1. The highest BCUT2D eigenvalue weighted by atomic mass is 32.1. The molecule has 3 N–H and O–H groups in total. The summed E-state index contributed by atoms with van der Waals surface area (Å²) in [6.45, 7) is 10.3. The fourth-order valence-corrected chi connectivity index (χ4v) is 5.85. The normalized spacial score (nSPS) is 19.4. The minimum atomic E-state index is -4.91. The maximum Gasteiger partial charge on any atom is 0.431 e. The van der Waals surface area contributed by atoms with Gasteiger partial charge < -0.3 is 16.0 Å². The van der Waals surface area contributed by atoms with E-state index in [4.69, 9.17) is 5.73 Å². The van der Waals surface area contributed by atoms with Gasteiger partial charge in [0.25, 0.3) is 0 Å². The van der Waals surface area contributed by atoms with Gasteiger partial charge in [-0.1, -0.05) is 32.1 Å². The Hall–Kier alpha value is -3.49. The molecule has 214 valence electrons. The summed E-state index contributed by atoms with van der Waals surface area (Å²) in [6.07, 6.45) is -0.0965. The number of nitrogens with zero attached hydrogens (tertiary/aromatic N) is 3. The van der Waals surface area contributed by atoms with Gasteiger partial charge in [0, 0.05) is 41.2 Å². The summed E-state index contributed by atoms with van der Waals surface area (Å²) in [4.78, 5) is 18.8. The van der Waals surface area contributed by atoms with Gasteiger partial charge in [0.2, 0.25) is 5.91 Å². The number of halogens is 4. The Kier molecular flexibility index (Phi) is 10.7. The molecule has 2 atom stereocenters. The molecule has 2 aliphatic rings. The summed E-state index contributed by atoms with van der Waals surface area (Å²) in [7, 11) is 0. The molecule has 3 heterocycles. The molecule has 2 aromatic rings. The zero-order chi connectivity index (χ0) is 29.4. The molecule has 2 aliphatic heterocycles. The number of nitriles is 1. The van der Waals surface area contributed by atoms with Gasteiger partial charge in [-0.3, -0.25) is 9.79 Å². The van der Waals surface area contributed by atoms with Crippen LogP contribution in [0.15, 0.2) is 47.6 Å². The van der Waals surface area contributed by atoms with E-state index in [1.807, 2.05) is 0 Å². The van der Waals surface area contributed by atoms with Gasteiger partial charge in [-0.05, 0) is 61.7 Å². The van der Waals surface area contributed by atoms with Crippen LogP contribution in [0.5, 0.6) is 0 Å². The lowest BCUT2D eigenvalue weighted by Gasteiger charge is -2.33. The van der Waals surface area contributed by atoms with Crippen LogP contribution in [0.25, 0.3) is 5.57 Å².